The highest BCUT2D eigenvalue weighted by Crippen LogP contribution is 2.43. The third-order valence-corrected chi connectivity index (χ3v) is 7.07. The van der Waals surface area contributed by atoms with Gasteiger partial charge in [0.05, 0.1) is 21.8 Å². The van der Waals surface area contributed by atoms with Gasteiger partial charge in [0.15, 0.2) is 11.6 Å². The summed E-state index contributed by atoms with van der Waals surface area (Å²) in [4.78, 5) is 59.6. The van der Waals surface area contributed by atoms with E-state index in [-0.39, 0.29) is 34.1 Å². The number of hydrogen-bond acceptors (Lipinski definition) is 8. The normalized spacial score (nSPS) is 15.3. The molecule has 0 aliphatic heterocycles. The Labute approximate surface area is 206 Å². The van der Waals surface area contributed by atoms with Crippen molar-refractivity contribution in [3.63, 3.8) is 0 Å². The number of rotatable bonds is 6. The lowest BCUT2D eigenvalue weighted by Crippen LogP contribution is -2.34. The Balaban J connectivity index is 1.68. The number of carbonyl (C=O) groups excluding carboxylic acids is 2. The Morgan fingerprint density at radius 3 is 1.61 bits per heavy atom. The Kier molecular flexibility index (Phi) is 6.12. The maximum atomic E-state index is 13.0. The van der Waals surface area contributed by atoms with Crippen molar-refractivity contribution in [2.45, 2.75) is 64.2 Å². The summed E-state index contributed by atoms with van der Waals surface area (Å²) in [6.45, 7) is 3.52. The van der Waals surface area contributed by atoms with Crippen LogP contribution in [0.3, 0.4) is 0 Å². The summed E-state index contributed by atoms with van der Waals surface area (Å²) in [6, 6.07) is 9.63. The van der Waals surface area contributed by atoms with E-state index < -0.39 is 16.7 Å². The highest BCUT2D eigenvalue weighted by atomic mass is 16.4. The number of fused-ring (bicyclic) bond motifs is 2. The first kappa shape index (κ1) is 23.8. The Morgan fingerprint density at radius 2 is 1.19 bits per heavy atom. The Hall–Kier alpha value is -3.94. The van der Waals surface area contributed by atoms with E-state index in [2.05, 4.69) is 9.97 Å². The van der Waals surface area contributed by atoms with Crippen molar-refractivity contribution in [2.24, 2.45) is 0 Å². The first-order valence-corrected chi connectivity index (χ1v) is 12.3. The average molecular weight is 487 g/mol. The molecule has 8 heteroatoms. The highest BCUT2D eigenvalue weighted by Gasteiger charge is 2.44. The van der Waals surface area contributed by atoms with E-state index in [1.54, 1.807) is 38.1 Å². The van der Waals surface area contributed by atoms with Crippen molar-refractivity contribution >= 4 is 33.4 Å². The van der Waals surface area contributed by atoms with E-state index in [9.17, 15) is 19.2 Å². The van der Waals surface area contributed by atoms with Crippen LogP contribution in [0.25, 0.3) is 21.8 Å². The first-order chi connectivity index (χ1) is 17.4. The van der Waals surface area contributed by atoms with E-state index in [1.807, 2.05) is 0 Å². The minimum Gasteiger partial charge on any atom is -0.407 e. The fourth-order valence-corrected chi connectivity index (χ4v) is 4.98. The van der Waals surface area contributed by atoms with Crippen molar-refractivity contribution in [2.75, 3.05) is 0 Å². The topological polar surface area (TPSA) is 120 Å². The van der Waals surface area contributed by atoms with Gasteiger partial charge >= 0.3 is 11.3 Å². The van der Waals surface area contributed by atoms with Crippen LogP contribution in [-0.4, -0.2) is 21.5 Å². The van der Waals surface area contributed by atoms with Crippen LogP contribution < -0.4 is 11.3 Å². The van der Waals surface area contributed by atoms with Gasteiger partial charge in [0.25, 0.3) is 0 Å². The first-order valence-electron chi connectivity index (χ1n) is 12.3. The van der Waals surface area contributed by atoms with Gasteiger partial charge in [-0.25, -0.2) is 19.6 Å². The number of ketones is 2. The van der Waals surface area contributed by atoms with Gasteiger partial charge in [0.1, 0.15) is 5.41 Å². The van der Waals surface area contributed by atoms with E-state index in [0.29, 0.717) is 47.8 Å². The van der Waals surface area contributed by atoms with Gasteiger partial charge in [-0.2, -0.15) is 0 Å². The second kappa shape index (κ2) is 9.26. The lowest BCUT2D eigenvalue weighted by molar-refractivity contribution is 0.0980. The van der Waals surface area contributed by atoms with Crippen molar-refractivity contribution in [3.05, 3.63) is 80.1 Å². The van der Waals surface area contributed by atoms with Crippen LogP contribution in [0.4, 0.5) is 0 Å². The zero-order chi connectivity index (χ0) is 25.4. The molecular weight excluding hydrogens is 460 g/mol. The molecule has 36 heavy (non-hydrogen) atoms. The molecule has 5 rings (SSSR count). The smallest absolute Gasteiger partial charge is 0.346 e. The van der Waals surface area contributed by atoms with Crippen LogP contribution in [0.1, 0.15) is 91.3 Å². The SMILES string of the molecule is CCC(=O)c1ccc2nc(C3(c4nc5ccc(C(=O)CC)cc5c(=O)o4)CCCCC3)oc(=O)c2c1. The summed E-state index contributed by atoms with van der Waals surface area (Å²) in [5.74, 6) is 0.161. The van der Waals surface area contributed by atoms with Crippen LogP contribution in [0, 0.1) is 0 Å². The van der Waals surface area contributed by atoms with E-state index >= 15 is 0 Å². The Bertz CT molecular complexity index is 1510. The molecule has 1 aliphatic carbocycles. The molecule has 2 aromatic heterocycles. The summed E-state index contributed by atoms with van der Waals surface area (Å²) < 4.78 is 11.5. The summed E-state index contributed by atoms with van der Waals surface area (Å²) >= 11 is 0. The minimum atomic E-state index is -0.977. The Morgan fingerprint density at radius 1 is 0.750 bits per heavy atom. The molecule has 0 amide bonds. The van der Waals surface area contributed by atoms with Gasteiger partial charge in [-0.15, -0.1) is 0 Å². The molecule has 8 nitrogen and oxygen atoms in total. The summed E-state index contributed by atoms with van der Waals surface area (Å²) in [7, 11) is 0. The number of aromatic nitrogens is 2. The predicted octanol–water partition coefficient (Wildman–Crippen LogP) is 5.13. The molecule has 4 aromatic rings. The van der Waals surface area contributed by atoms with Gasteiger partial charge in [-0.3, -0.25) is 9.59 Å². The van der Waals surface area contributed by atoms with Crippen molar-refractivity contribution in [1.82, 2.24) is 9.97 Å². The maximum Gasteiger partial charge on any atom is 0.346 e. The molecule has 0 bridgehead atoms. The molecule has 1 aliphatic rings. The molecule has 0 saturated heterocycles. The van der Waals surface area contributed by atoms with Crippen LogP contribution >= 0.6 is 0 Å². The van der Waals surface area contributed by atoms with Crippen molar-refractivity contribution in [3.8, 4) is 0 Å². The number of nitrogens with zero attached hydrogens (tertiary/aromatic N) is 2. The van der Waals surface area contributed by atoms with E-state index in [0.717, 1.165) is 19.3 Å². The minimum absolute atomic E-state index is 0.0740. The van der Waals surface area contributed by atoms with Crippen LogP contribution in [-0.2, 0) is 5.41 Å². The van der Waals surface area contributed by atoms with Gasteiger partial charge in [0, 0.05) is 24.0 Å². The second-order valence-corrected chi connectivity index (χ2v) is 9.27. The highest BCUT2D eigenvalue weighted by molar-refractivity contribution is 5.99. The number of carbonyl (C=O) groups is 2. The third kappa shape index (κ3) is 3.96. The molecule has 1 saturated carbocycles. The van der Waals surface area contributed by atoms with Crippen molar-refractivity contribution < 1.29 is 18.4 Å². The number of benzene rings is 2. The largest absolute Gasteiger partial charge is 0.407 e. The lowest BCUT2D eigenvalue weighted by atomic mass is 9.73. The monoisotopic (exact) mass is 486 g/mol. The van der Waals surface area contributed by atoms with E-state index in [1.165, 1.54) is 12.1 Å². The van der Waals surface area contributed by atoms with Gasteiger partial charge in [-0.1, -0.05) is 33.1 Å². The van der Waals surface area contributed by atoms with Gasteiger partial charge in [0.2, 0.25) is 11.8 Å². The fraction of sp³-hybridized carbons (Fsp3) is 0.357. The van der Waals surface area contributed by atoms with Gasteiger partial charge in [-0.05, 0) is 49.2 Å². The van der Waals surface area contributed by atoms with Crippen LogP contribution in [0.15, 0.2) is 54.8 Å². The molecule has 0 atom stereocenters. The number of hydrogen-bond donors (Lipinski definition) is 0. The molecule has 0 spiro atoms. The quantitative estimate of drug-likeness (QED) is 0.344. The second-order valence-electron chi connectivity index (χ2n) is 9.27. The van der Waals surface area contributed by atoms with E-state index in [4.69, 9.17) is 8.83 Å². The molecule has 1 fully saturated rings. The predicted molar refractivity (Wildman–Crippen MR) is 134 cm³/mol. The fourth-order valence-electron chi connectivity index (χ4n) is 4.98. The standard InChI is InChI=1S/C28H26N2O6/c1-3-22(31)16-8-10-20-18(14-16)24(33)35-26(29-20)28(12-6-5-7-13-28)27-30-21-11-9-17(23(32)4-2)15-19(21)25(34)36-27/h8-11,14-15H,3-7,12-13H2,1-2H3. The lowest BCUT2D eigenvalue weighted by Gasteiger charge is -2.32. The molecule has 2 heterocycles. The third-order valence-electron chi connectivity index (χ3n) is 7.07. The van der Waals surface area contributed by atoms with Crippen LogP contribution in [0.2, 0.25) is 0 Å². The molecule has 0 radical (unpaired) electrons. The molecule has 184 valence electrons. The van der Waals surface area contributed by atoms with Crippen LogP contribution in [0.5, 0.6) is 0 Å². The zero-order valence-electron chi connectivity index (χ0n) is 20.3. The summed E-state index contributed by atoms with van der Waals surface area (Å²) in [5.41, 5.74) is -0.499. The van der Waals surface area contributed by atoms with Gasteiger partial charge < -0.3 is 8.83 Å². The molecule has 2 aromatic carbocycles. The molecular formula is C28H26N2O6. The summed E-state index contributed by atoms with van der Waals surface area (Å²) in [6.07, 6.45) is 4.38. The number of Topliss-reactive ketones (excluding diaryl/α,β-unsaturated/α-hetero) is 2. The zero-order valence-corrected chi connectivity index (χ0v) is 20.3. The van der Waals surface area contributed by atoms with Crippen molar-refractivity contribution in [1.29, 1.82) is 0 Å². The average Bonchev–Trinajstić information content (AvgIpc) is 2.92. The molecule has 0 N–H and O–H groups in total. The maximum absolute atomic E-state index is 13.0. The summed E-state index contributed by atoms with van der Waals surface area (Å²) in [5, 5.41) is 0.454. The molecule has 0 unspecified atom stereocenters.